The Bertz CT molecular complexity index is 807. The smallest absolute Gasteiger partial charge is 0.254 e. The molecule has 0 heterocycles. The number of carbonyl (C=O) groups is 1. The summed E-state index contributed by atoms with van der Waals surface area (Å²) in [7, 11) is 1.35. The number of carbonyl (C=O) groups excluding carboxylic acids is 1. The molecule has 0 aliphatic carbocycles. The Morgan fingerprint density at radius 1 is 1.22 bits per heavy atom. The molecule has 0 bridgehead atoms. The summed E-state index contributed by atoms with van der Waals surface area (Å²) < 4.78 is 25.1. The summed E-state index contributed by atoms with van der Waals surface area (Å²) in [4.78, 5) is 12.4. The topological polar surface area (TPSA) is 97.4 Å². The Hall–Kier alpha value is -2.93. The molecule has 2 rings (SSSR count). The lowest BCUT2D eigenvalue weighted by Gasteiger charge is -2.18. The molecule has 1 atom stereocenters. The number of ether oxygens (including phenoxy) is 2. The van der Waals surface area contributed by atoms with E-state index in [4.69, 9.17) is 20.6 Å². The molecule has 2 aromatic rings. The van der Waals surface area contributed by atoms with Gasteiger partial charge in [0.2, 0.25) is 0 Å². The van der Waals surface area contributed by atoms with Gasteiger partial charge in [-0.15, -0.1) is 0 Å². The van der Waals surface area contributed by atoms with E-state index < -0.39 is 17.8 Å². The van der Waals surface area contributed by atoms with E-state index in [1.807, 2.05) is 13.8 Å². The standard InChI is InChI=1S/C20H24FN3O3/c1-12(2)27-15-8-9-16(17(21)10-15)18(26-3)20(25)24-11-13-4-6-14(7-5-13)19(22)23/h4-10,12,18H,11H2,1-3H3,(H3,22,23)(H,24,25). The molecule has 4 N–H and O–H groups in total. The number of halogens is 1. The van der Waals surface area contributed by atoms with Crippen molar-refractivity contribution in [3.8, 4) is 5.75 Å². The number of amides is 1. The van der Waals surface area contributed by atoms with Gasteiger partial charge in [0, 0.05) is 30.8 Å². The van der Waals surface area contributed by atoms with Crippen LogP contribution in [0.2, 0.25) is 0 Å². The molecule has 0 radical (unpaired) electrons. The average molecular weight is 373 g/mol. The van der Waals surface area contributed by atoms with Crippen LogP contribution in [0.25, 0.3) is 0 Å². The number of rotatable bonds is 8. The molecule has 27 heavy (non-hydrogen) atoms. The van der Waals surface area contributed by atoms with Crippen molar-refractivity contribution >= 4 is 11.7 Å². The molecule has 2 aromatic carbocycles. The Labute approximate surface area is 158 Å². The van der Waals surface area contributed by atoms with Gasteiger partial charge in [-0.25, -0.2) is 4.39 Å². The zero-order valence-corrected chi connectivity index (χ0v) is 15.6. The highest BCUT2D eigenvalue weighted by Crippen LogP contribution is 2.25. The van der Waals surface area contributed by atoms with Crippen molar-refractivity contribution in [2.75, 3.05) is 7.11 Å². The summed E-state index contributed by atoms with van der Waals surface area (Å²) in [6.45, 7) is 3.94. The van der Waals surface area contributed by atoms with Gasteiger partial charge in [-0.2, -0.15) is 0 Å². The molecule has 0 aromatic heterocycles. The van der Waals surface area contributed by atoms with Crippen LogP contribution in [-0.2, 0) is 16.1 Å². The highest BCUT2D eigenvalue weighted by Gasteiger charge is 2.23. The van der Waals surface area contributed by atoms with Gasteiger partial charge in [0.25, 0.3) is 5.91 Å². The number of benzene rings is 2. The van der Waals surface area contributed by atoms with Gasteiger partial charge in [-0.05, 0) is 31.5 Å². The molecule has 144 valence electrons. The number of nitrogens with one attached hydrogen (secondary N) is 2. The first kappa shape index (κ1) is 20.4. The largest absolute Gasteiger partial charge is 0.491 e. The molecule has 7 heteroatoms. The van der Waals surface area contributed by atoms with Crippen LogP contribution in [-0.4, -0.2) is 25.0 Å². The summed E-state index contributed by atoms with van der Waals surface area (Å²) in [6, 6.07) is 11.3. The van der Waals surface area contributed by atoms with E-state index >= 15 is 0 Å². The quantitative estimate of drug-likeness (QED) is 0.489. The van der Waals surface area contributed by atoms with Crippen molar-refractivity contribution in [1.82, 2.24) is 5.32 Å². The number of hydrogen-bond acceptors (Lipinski definition) is 4. The van der Waals surface area contributed by atoms with Crippen molar-refractivity contribution < 1.29 is 18.7 Å². The minimum Gasteiger partial charge on any atom is -0.491 e. The normalized spacial score (nSPS) is 11.9. The lowest BCUT2D eigenvalue weighted by Crippen LogP contribution is -2.30. The number of amidine groups is 1. The highest BCUT2D eigenvalue weighted by atomic mass is 19.1. The maximum Gasteiger partial charge on any atom is 0.254 e. The first-order chi connectivity index (χ1) is 12.8. The summed E-state index contributed by atoms with van der Waals surface area (Å²) >= 11 is 0. The zero-order valence-electron chi connectivity index (χ0n) is 15.6. The number of nitrogen functional groups attached to an aromatic ring is 1. The highest BCUT2D eigenvalue weighted by molar-refractivity contribution is 5.94. The SMILES string of the molecule is COC(C(=O)NCc1ccc(C(=N)N)cc1)c1ccc(OC(C)C)cc1F. The van der Waals surface area contributed by atoms with E-state index in [1.165, 1.54) is 19.2 Å². The van der Waals surface area contributed by atoms with Gasteiger partial charge in [-0.3, -0.25) is 10.2 Å². The maximum atomic E-state index is 14.4. The summed E-state index contributed by atoms with van der Waals surface area (Å²) in [5.41, 5.74) is 6.97. The second-order valence-corrected chi connectivity index (χ2v) is 6.29. The number of methoxy groups -OCH3 is 1. The Balaban J connectivity index is 2.06. The van der Waals surface area contributed by atoms with E-state index in [-0.39, 0.29) is 24.0 Å². The number of nitrogens with two attached hydrogens (primary N) is 1. The number of hydrogen-bond donors (Lipinski definition) is 3. The van der Waals surface area contributed by atoms with Crippen molar-refractivity contribution in [2.24, 2.45) is 5.73 Å². The third kappa shape index (κ3) is 5.52. The fourth-order valence-corrected chi connectivity index (χ4v) is 2.53. The molecule has 0 aliphatic heterocycles. The van der Waals surface area contributed by atoms with Gasteiger partial charge in [-0.1, -0.05) is 24.3 Å². The van der Waals surface area contributed by atoms with Gasteiger partial charge in [0.05, 0.1) is 6.10 Å². The molecule has 0 saturated heterocycles. The average Bonchev–Trinajstić information content (AvgIpc) is 2.62. The molecular formula is C20H24FN3O3. The summed E-state index contributed by atoms with van der Waals surface area (Å²) in [5.74, 6) is -0.650. The van der Waals surface area contributed by atoms with Crippen LogP contribution in [0.3, 0.4) is 0 Å². The molecule has 0 fully saturated rings. The van der Waals surface area contributed by atoms with Crippen molar-refractivity contribution in [1.29, 1.82) is 5.41 Å². The lowest BCUT2D eigenvalue weighted by molar-refractivity contribution is -0.131. The Morgan fingerprint density at radius 3 is 2.41 bits per heavy atom. The van der Waals surface area contributed by atoms with Gasteiger partial charge in [0.1, 0.15) is 17.4 Å². The van der Waals surface area contributed by atoms with Crippen LogP contribution >= 0.6 is 0 Å². The zero-order chi connectivity index (χ0) is 20.0. The third-order valence-corrected chi connectivity index (χ3v) is 3.83. The van der Waals surface area contributed by atoms with Gasteiger partial charge < -0.3 is 20.5 Å². The second kappa shape index (κ2) is 9.14. The first-order valence-electron chi connectivity index (χ1n) is 8.51. The minimum atomic E-state index is -1.07. The molecule has 0 saturated carbocycles. The first-order valence-corrected chi connectivity index (χ1v) is 8.51. The van der Waals surface area contributed by atoms with Gasteiger partial charge >= 0.3 is 0 Å². The van der Waals surface area contributed by atoms with Crippen LogP contribution in [0, 0.1) is 11.2 Å². The van der Waals surface area contributed by atoms with Crippen LogP contribution in [0.1, 0.15) is 36.6 Å². The Morgan fingerprint density at radius 2 is 1.89 bits per heavy atom. The van der Waals surface area contributed by atoms with Crippen LogP contribution in [0.4, 0.5) is 4.39 Å². The predicted molar refractivity (Wildman–Crippen MR) is 101 cm³/mol. The van der Waals surface area contributed by atoms with Crippen LogP contribution in [0.15, 0.2) is 42.5 Å². The summed E-state index contributed by atoms with van der Waals surface area (Å²) in [5, 5.41) is 10.1. The van der Waals surface area contributed by atoms with E-state index in [0.717, 1.165) is 5.56 Å². The third-order valence-electron chi connectivity index (χ3n) is 3.83. The molecule has 6 nitrogen and oxygen atoms in total. The molecule has 0 spiro atoms. The minimum absolute atomic E-state index is 0.0228. The van der Waals surface area contributed by atoms with E-state index in [9.17, 15) is 9.18 Å². The van der Waals surface area contributed by atoms with Crippen LogP contribution < -0.4 is 15.8 Å². The lowest BCUT2D eigenvalue weighted by atomic mass is 10.1. The van der Waals surface area contributed by atoms with Crippen molar-refractivity contribution in [2.45, 2.75) is 32.6 Å². The van der Waals surface area contributed by atoms with Crippen molar-refractivity contribution in [3.05, 3.63) is 65.0 Å². The fourth-order valence-electron chi connectivity index (χ4n) is 2.53. The molecular weight excluding hydrogens is 349 g/mol. The van der Waals surface area contributed by atoms with Crippen LogP contribution in [0.5, 0.6) is 5.75 Å². The molecule has 1 unspecified atom stereocenters. The van der Waals surface area contributed by atoms with E-state index in [1.54, 1.807) is 30.3 Å². The van der Waals surface area contributed by atoms with Crippen molar-refractivity contribution in [3.63, 3.8) is 0 Å². The predicted octanol–water partition coefficient (Wildman–Crippen LogP) is 2.90. The van der Waals surface area contributed by atoms with E-state index in [0.29, 0.717) is 11.3 Å². The molecule has 1 amide bonds. The summed E-state index contributed by atoms with van der Waals surface area (Å²) in [6.07, 6.45) is -1.15. The maximum absolute atomic E-state index is 14.4. The Kier molecular flexibility index (Phi) is 6.90. The molecule has 0 aliphatic rings. The fraction of sp³-hybridized carbons (Fsp3) is 0.300. The van der Waals surface area contributed by atoms with E-state index in [2.05, 4.69) is 5.32 Å². The monoisotopic (exact) mass is 373 g/mol. The van der Waals surface area contributed by atoms with Gasteiger partial charge in [0.15, 0.2) is 6.10 Å². The second-order valence-electron chi connectivity index (χ2n) is 6.29.